The van der Waals surface area contributed by atoms with E-state index in [-0.39, 0.29) is 35.2 Å². The number of amides is 2. The Morgan fingerprint density at radius 3 is 2.39 bits per heavy atom. The van der Waals surface area contributed by atoms with Crippen molar-refractivity contribution in [3.63, 3.8) is 0 Å². The fraction of sp³-hybridized carbons (Fsp3) is 0.296. The van der Waals surface area contributed by atoms with Crippen LogP contribution in [0.25, 0.3) is 0 Å². The summed E-state index contributed by atoms with van der Waals surface area (Å²) < 4.78 is 38.2. The Kier molecular flexibility index (Phi) is 10.3. The van der Waals surface area contributed by atoms with Gasteiger partial charge in [-0.1, -0.05) is 41.1 Å². The minimum atomic E-state index is -4.40. The van der Waals surface area contributed by atoms with Crippen molar-refractivity contribution in [1.29, 1.82) is 0 Å². The monoisotopic (exact) mass is 603 g/mol. The topological polar surface area (TPSA) is 123 Å². The van der Waals surface area contributed by atoms with Gasteiger partial charge in [0.25, 0.3) is 0 Å². The van der Waals surface area contributed by atoms with Crippen LogP contribution in [0.1, 0.15) is 40.4 Å². The SMILES string of the molecule is O=C(Cc1ccc(Cl)c(CC(F)(F)F)c1)Nc1ccc(CCCCc2nnc(NC(=O)Cc3ccccn3)s2)nn1. The maximum atomic E-state index is 12.7. The number of anilines is 2. The van der Waals surface area contributed by atoms with Gasteiger partial charge in [0.15, 0.2) is 5.82 Å². The van der Waals surface area contributed by atoms with E-state index in [0.717, 1.165) is 23.5 Å². The molecule has 14 heteroatoms. The van der Waals surface area contributed by atoms with Crippen LogP contribution < -0.4 is 10.6 Å². The number of carbonyl (C=O) groups is 2. The highest BCUT2D eigenvalue weighted by molar-refractivity contribution is 7.15. The molecule has 0 aliphatic rings. The summed E-state index contributed by atoms with van der Waals surface area (Å²) in [6.45, 7) is 0. The zero-order valence-electron chi connectivity index (χ0n) is 21.6. The van der Waals surface area contributed by atoms with E-state index in [9.17, 15) is 22.8 Å². The first kappa shape index (κ1) is 30.0. The standard InChI is InChI=1S/C27H25ClF3N7O2S/c28-21-10-8-17(13-18(21)16-27(29,30)31)14-23(39)33-22-11-9-19(35-36-22)5-1-2-7-25-37-38-26(41-25)34-24(40)15-20-6-3-4-12-32-20/h3-4,6,8-13H,1-2,5,7,14-16H2,(H,33,36,39)(H,34,38,40). The number of alkyl halides is 3. The molecule has 2 amide bonds. The molecule has 0 radical (unpaired) electrons. The van der Waals surface area contributed by atoms with Crippen LogP contribution in [0.3, 0.4) is 0 Å². The Labute approximate surface area is 242 Å². The van der Waals surface area contributed by atoms with Gasteiger partial charge in [-0.3, -0.25) is 14.6 Å². The fourth-order valence-corrected chi connectivity index (χ4v) is 4.82. The van der Waals surface area contributed by atoms with E-state index in [1.165, 1.54) is 29.5 Å². The van der Waals surface area contributed by atoms with Crippen LogP contribution in [0, 0.1) is 0 Å². The van der Waals surface area contributed by atoms with Crippen molar-refractivity contribution in [1.82, 2.24) is 25.4 Å². The molecule has 214 valence electrons. The van der Waals surface area contributed by atoms with Crippen molar-refractivity contribution in [2.24, 2.45) is 0 Å². The second-order valence-electron chi connectivity index (χ2n) is 9.11. The van der Waals surface area contributed by atoms with Gasteiger partial charge in [-0.05, 0) is 60.7 Å². The van der Waals surface area contributed by atoms with Gasteiger partial charge < -0.3 is 10.6 Å². The molecule has 0 bridgehead atoms. The number of aromatic nitrogens is 5. The molecule has 0 unspecified atom stereocenters. The number of rotatable bonds is 12. The van der Waals surface area contributed by atoms with Gasteiger partial charge in [-0.2, -0.15) is 18.3 Å². The van der Waals surface area contributed by atoms with E-state index >= 15 is 0 Å². The molecule has 0 aliphatic carbocycles. The van der Waals surface area contributed by atoms with Gasteiger partial charge in [0.05, 0.1) is 25.0 Å². The summed E-state index contributed by atoms with van der Waals surface area (Å²) in [5, 5.41) is 22.9. The summed E-state index contributed by atoms with van der Waals surface area (Å²) >= 11 is 7.19. The van der Waals surface area contributed by atoms with Crippen molar-refractivity contribution in [3.05, 3.63) is 87.3 Å². The third kappa shape index (κ3) is 10.2. The first-order valence-corrected chi connectivity index (χ1v) is 13.8. The number of hydrogen-bond donors (Lipinski definition) is 2. The molecule has 4 rings (SSSR count). The van der Waals surface area contributed by atoms with Gasteiger partial charge in [-0.15, -0.1) is 15.3 Å². The van der Waals surface area contributed by atoms with Crippen LogP contribution in [0.15, 0.2) is 54.7 Å². The van der Waals surface area contributed by atoms with Gasteiger partial charge in [0.2, 0.25) is 16.9 Å². The number of nitrogens with one attached hydrogen (secondary N) is 2. The molecule has 1 aromatic carbocycles. The van der Waals surface area contributed by atoms with Crippen molar-refractivity contribution in [2.45, 2.75) is 51.1 Å². The lowest BCUT2D eigenvalue weighted by Crippen LogP contribution is -2.16. The fourth-order valence-electron chi connectivity index (χ4n) is 3.84. The Balaban J connectivity index is 1.17. The van der Waals surface area contributed by atoms with E-state index in [1.807, 2.05) is 6.07 Å². The van der Waals surface area contributed by atoms with Crippen LogP contribution in [-0.2, 0) is 41.7 Å². The van der Waals surface area contributed by atoms with Crippen molar-refractivity contribution < 1.29 is 22.8 Å². The number of benzene rings is 1. The van der Waals surface area contributed by atoms with Gasteiger partial charge >= 0.3 is 6.18 Å². The molecule has 3 aromatic heterocycles. The Morgan fingerprint density at radius 1 is 0.854 bits per heavy atom. The molecule has 3 heterocycles. The van der Waals surface area contributed by atoms with Crippen molar-refractivity contribution in [2.75, 3.05) is 10.6 Å². The number of pyridine rings is 1. The molecule has 4 aromatic rings. The highest BCUT2D eigenvalue weighted by Crippen LogP contribution is 2.27. The van der Waals surface area contributed by atoms with Gasteiger partial charge in [0, 0.05) is 23.3 Å². The first-order chi connectivity index (χ1) is 19.6. The highest BCUT2D eigenvalue weighted by Gasteiger charge is 2.29. The first-order valence-electron chi connectivity index (χ1n) is 12.6. The molecule has 41 heavy (non-hydrogen) atoms. The van der Waals surface area contributed by atoms with Crippen molar-refractivity contribution in [3.8, 4) is 0 Å². The number of carbonyl (C=O) groups excluding carboxylic acids is 2. The van der Waals surface area contributed by atoms with Gasteiger partial charge in [-0.25, -0.2) is 0 Å². The quantitative estimate of drug-likeness (QED) is 0.208. The molecule has 9 nitrogen and oxygen atoms in total. The average Bonchev–Trinajstić information content (AvgIpc) is 3.36. The molecule has 0 atom stereocenters. The summed E-state index contributed by atoms with van der Waals surface area (Å²) in [7, 11) is 0. The second kappa shape index (κ2) is 14.1. The summed E-state index contributed by atoms with van der Waals surface area (Å²) in [5.41, 5.74) is 1.75. The van der Waals surface area contributed by atoms with Crippen LogP contribution in [-0.4, -0.2) is 43.4 Å². The molecule has 0 saturated carbocycles. The third-order valence-corrected chi connectivity index (χ3v) is 6.97. The lowest BCUT2D eigenvalue weighted by Gasteiger charge is -2.10. The number of nitrogens with zero attached hydrogens (tertiary/aromatic N) is 5. The summed E-state index contributed by atoms with van der Waals surface area (Å²) in [6.07, 6.45) is -0.888. The largest absolute Gasteiger partial charge is 0.393 e. The predicted octanol–water partition coefficient (Wildman–Crippen LogP) is 5.41. The maximum absolute atomic E-state index is 12.7. The van der Waals surface area contributed by atoms with E-state index in [0.29, 0.717) is 29.2 Å². The lowest BCUT2D eigenvalue weighted by atomic mass is 10.1. The summed E-state index contributed by atoms with van der Waals surface area (Å²) in [5.74, 6) is -0.393. The van der Waals surface area contributed by atoms with Crippen LogP contribution in [0.4, 0.5) is 24.1 Å². The van der Waals surface area contributed by atoms with Crippen molar-refractivity contribution >= 4 is 45.7 Å². The predicted molar refractivity (Wildman–Crippen MR) is 149 cm³/mol. The minimum absolute atomic E-state index is 0.00185. The van der Waals surface area contributed by atoms with E-state index in [2.05, 4.69) is 36.0 Å². The maximum Gasteiger partial charge on any atom is 0.393 e. The highest BCUT2D eigenvalue weighted by atomic mass is 35.5. The van der Waals surface area contributed by atoms with E-state index in [4.69, 9.17) is 11.6 Å². The molecule has 0 fully saturated rings. The molecular formula is C27H25ClF3N7O2S. The molecule has 0 saturated heterocycles. The normalized spacial score (nSPS) is 11.3. The minimum Gasteiger partial charge on any atom is -0.309 e. The third-order valence-electron chi connectivity index (χ3n) is 5.71. The summed E-state index contributed by atoms with van der Waals surface area (Å²) in [4.78, 5) is 28.7. The molecule has 2 N–H and O–H groups in total. The van der Waals surface area contributed by atoms with Crippen LogP contribution >= 0.6 is 22.9 Å². The van der Waals surface area contributed by atoms with Gasteiger partial charge in [0.1, 0.15) is 5.01 Å². The molecule has 0 spiro atoms. The van der Waals surface area contributed by atoms with Crippen LogP contribution in [0.2, 0.25) is 5.02 Å². The number of halogens is 4. The molecular weight excluding hydrogens is 579 g/mol. The zero-order valence-corrected chi connectivity index (χ0v) is 23.2. The average molecular weight is 604 g/mol. The van der Waals surface area contributed by atoms with Crippen LogP contribution in [0.5, 0.6) is 0 Å². The Morgan fingerprint density at radius 2 is 1.66 bits per heavy atom. The lowest BCUT2D eigenvalue weighted by molar-refractivity contribution is -0.127. The number of hydrogen-bond acceptors (Lipinski definition) is 8. The number of unbranched alkanes of at least 4 members (excludes halogenated alkanes) is 1. The Hall–Kier alpha value is -3.97. The van der Waals surface area contributed by atoms with E-state index < -0.39 is 18.5 Å². The smallest absolute Gasteiger partial charge is 0.309 e. The molecule has 0 aliphatic heterocycles. The Bertz CT molecular complexity index is 1470. The second-order valence-corrected chi connectivity index (χ2v) is 10.6. The summed E-state index contributed by atoms with van der Waals surface area (Å²) in [6, 6.07) is 12.9. The zero-order chi connectivity index (χ0) is 29.2. The number of aryl methyl sites for hydroxylation is 2. The van der Waals surface area contributed by atoms with E-state index in [1.54, 1.807) is 30.5 Å².